The highest BCUT2D eigenvalue weighted by atomic mass is 32.2. The third-order valence-corrected chi connectivity index (χ3v) is 5.26. The Labute approximate surface area is 120 Å². The summed E-state index contributed by atoms with van der Waals surface area (Å²) in [6.45, 7) is 3.57. The Morgan fingerprint density at radius 3 is 2.45 bits per heavy atom. The average Bonchev–Trinajstić information content (AvgIpc) is 2.35. The monoisotopic (exact) mass is 320 g/mol. The lowest BCUT2D eigenvalue weighted by atomic mass is 10.1. The van der Waals surface area contributed by atoms with Crippen molar-refractivity contribution in [3.63, 3.8) is 0 Å². The van der Waals surface area contributed by atoms with Crippen LogP contribution in [0.15, 0.2) is 29.2 Å². The van der Waals surface area contributed by atoms with E-state index in [1.165, 1.54) is 18.2 Å². The number of benzene rings is 1. The number of primary sulfonamides is 1. The number of nitrogens with one attached hydrogen (secondary N) is 1. The Hall–Kier alpha value is -0.960. The van der Waals surface area contributed by atoms with Gasteiger partial charge in [-0.15, -0.1) is 0 Å². The van der Waals surface area contributed by atoms with Gasteiger partial charge in [-0.25, -0.2) is 26.7 Å². The van der Waals surface area contributed by atoms with Crippen molar-refractivity contribution in [3.8, 4) is 0 Å². The standard InChI is InChI=1S/C12H20N2O4S2/c1-3-4-8-19(15,16)14-10(2)11-6-5-7-12(9-11)20(13,17)18/h5-7,9-10,14H,3-4,8H2,1-2H3,(H2,13,17,18). The zero-order valence-electron chi connectivity index (χ0n) is 11.5. The lowest BCUT2D eigenvalue weighted by Crippen LogP contribution is -2.29. The summed E-state index contributed by atoms with van der Waals surface area (Å²) in [5.74, 6) is 0.0583. The normalized spacial score (nSPS) is 14.2. The van der Waals surface area contributed by atoms with Crippen LogP contribution in [0.3, 0.4) is 0 Å². The van der Waals surface area contributed by atoms with Crippen LogP contribution in [0.1, 0.15) is 38.3 Å². The molecule has 0 heterocycles. The molecule has 0 bridgehead atoms. The van der Waals surface area contributed by atoms with Gasteiger partial charge in [0.15, 0.2) is 0 Å². The van der Waals surface area contributed by atoms with Crippen molar-refractivity contribution in [2.24, 2.45) is 5.14 Å². The fourth-order valence-electron chi connectivity index (χ4n) is 1.69. The summed E-state index contributed by atoms with van der Waals surface area (Å²) < 4.78 is 48.7. The Morgan fingerprint density at radius 2 is 1.90 bits per heavy atom. The summed E-state index contributed by atoms with van der Waals surface area (Å²) in [4.78, 5) is -0.0328. The summed E-state index contributed by atoms with van der Waals surface area (Å²) in [6.07, 6.45) is 1.37. The van der Waals surface area contributed by atoms with Crippen LogP contribution in [0.5, 0.6) is 0 Å². The van der Waals surface area contributed by atoms with Crippen LogP contribution in [0, 0.1) is 0 Å². The molecule has 0 aliphatic rings. The van der Waals surface area contributed by atoms with Crippen LogP contribution < -0.4 is 9.86 Å². The Bertz CT molecular complexity index is 654. The van der Waals surface area contributed by atoms with Crippen LogP contribution in [0.25, 0.3) is 0 Å². The van der Waals surface area contributed by atoms with Gasteiger partial charge < -0.3 is 0 Å². The third kappa shape index (κ3) is 5.20. The van der Waals surface area contributed by atoms with Gasteiger partial charge >= 0.3 is 0 Å². The molecule has 3 N–H and O–H groups in total. The highest BCUT2D eigenvalue weighted by molar-refractivity contribution is 7.89. The highest BCUT2D eigenvalue weighted by Crippen LogP contribution is 2.17. The number of nitrogens with two attached hydrogens (primary N) is 1. The zero-order chi connectivity index (χ0) is 15.4. The minimum atomic E-state index is -3.79. The first-order chi connectivity index (χ1) is 9.15. The minimum absolute atomic E-state index is 0.0328. The van der Waals surface area contributed by atoms with Crippen LogP contribution in [-0.2, 0) is 20.0 Å². The van der Waals surface area contributed by atoms with Gasteiger partial charge in [0.2, 0.25) is 20.0 Å². The van der Waals surface area contributed by atoms with Crippen molar-refractivity contribution in [2.45, 2.75) is 37.6 Å². The summed E-state index contributed by atoms with van der Waals surface area (Å²) in [5.41, 5.74) is 0.552. The van der Waals surface area contributed by atoms with E-state index in [4.69, 9.17) is 5.14 Å². The molecular formula is C12H20N2O4S2. The third-order valence-electron chi connectivity index (χ3n) is 2.81. The predicted octanol–water partition coefficient (Wildman–Crippen LogP) is 1.11. The largest absolute Gasteiger partial charge is 0.238 e. The van der Waals surface area contributed by atoms with Crippen molar-refractivity contribution >= 4 is 20.0 Å². The molecule has 20 heavy (non-hydrogen) atoms. The maximum Gasteiger partial charge on any atom is 0.238 e. The lowest BCUT2D eigenvalue weighted by Gasteiger charge is -2.15. The van der Waals surface area contributed by atoms with E-state index in [0.29, 0.717) is 12.0 Å². The fraction of sp³-hybridized carbons (Fsp3) is 0.500. The second kappa shape index (κ2) is 6.66. The first kappa shape index (κ1) is 17.1. The quantitative estimate of drug-likeness (QED) is 0.785. The van der Waals surface area contributed by atoms with E-state index in [1.54, 1.807) is 13.0 Å². The van der Waals surface area contributed by atoms with Crippen molar-refractivity contribution in [1.29, 1.82) is 0 Å². The number of rotatable bonds is 7. The fourth-order valence-corrected chi connectivity index (χ4v) is 3.72. The van der Waals surface area contributed by atoms with Gasteiger partial charge in [0.1, 0.15) is 0 Å². The molecule has 0 fully saturated rings. The van der Waals surface area contributed by atoms with Gasteiger partial charge in [0, 0.05) is 6.04 Å². The maximum atomic E-state index is 11.8. The summed E-state index contributed by atoms with van der Waals surface area (Å²) in [6, 6.07) is 5.42. The SMILES string of the molecule is CCCCS(=O)(=O)NC(C)c1cccc(S(N)(=O)=O)c1. The lowest BCUT2D eigenvalue weighted by molar-refractivity contribution is 0.563. The molecule has 0 amide bonds. The molecule has 1 rings (SSSR count). The first-order valence-corrected chi connectivity index (χ1v) is 9.48. The average molecular weight is 320 g/mol. The first-order valence-electron chi connectivity index (χ1n) is 6.28. The number of sulfonamides is 2. The molecule has 0 saturated heterocycles. The van der Waals surface area contributed by atoms with E-state index < -0.39 is 26.1 Å². The van der Waals surface area contributed by atoms with Gasteiger partial charge in [0.05, 0.1) is 10.6 Å². The van der Waals surface area contributed by atoms with Crippen molar-refractivity contribution in [1.82, 2.24) is 4.72 Å². The zero-order valence-corrected chi connectivity index (χ0v) is 13.2. The summed E-state index contributed by atoms with van der Waals surface area (Å²) in [7, 11) is -7.16. The molecule has 1 aromatic carbocycles. The van der Waals surface area contributed by atoms with Crippen LogP contribution in [0.2, 0.25) is 0 Å². The molecule has 1 aromatic rings. The molecule has 114 valence electrons. The van der Waals surface area contributed by atoms with Crippen LogP contribution >= 0.6 is 0 Å². The van der Waals surface area contributed by atoms with Crippen molar-refractivity contribution < 1.29 is 16.8 Å². The Kier molecular flexibility index (Phi) is 5.69. The summed E-state index contributed by atoms with van der Waals surface area (Å²) in [5, 5.41) is 5.05. The van der Waals surface area contributed by atoms with E-state index >= 15 is 0 Å². The minimum Gasteiger partial charge on any atom is -0.225 e. The molecule has 0 saturated carbocycles. The van der Waals surface area contributed by atoms with Gasteiger partial charge in [0.25, 0.3) is 0 Å². The van der Waals surface area contributed by atoms with E-state index in [1.807, 2.05) is 6.92 Å². The van der Waals surface area contributed by atoms with Crippen LogP contribution in [-0.4, -0.2) is 22.6 Å². The molecule has 0 spiro atoms. The highest BCUT2D eigenvalue weighted by Gasteiger charge is 2.17. The smallest absolute Gasteiger partial charge is 0.225 e. The van der Waals surface area contributed by atoms with Gasteiger partial charge in [-0.2, -0.15) is 0 Å². The molecule has 1 unspecified atom stereocenters. The molecule has 0 aromatic heterocycles. The molecule has 0 aliphatic carbocycles. The molecular weight excluding hydrogens is 300 g/mol. The van der Waals surface area contributed by atoms with E-state index in [2.05, 4.69) is 4.72 Å². The van der Waals surface area contributed by atoms with Gasteiger partial charge in [-0.05, 0) is 31.0 Å². The van der Waals surface area contributed by atoms with E-state index in [-0.39, 0.29) is 10.6 Å². The molecule has 1 atom stereocenters. The van der Waals surface area contributed by atoms with Crippen molar-refractivity contribution in [2.75, 3.05) is 5.75 Å². The van der Waals surface area contributed by atoms with E-state index in [9.17, 15) is 16.8 Å². The molecule has 0 radical (unpaired) electrons. The van der Waals surface area contributed by atoms with Crippen LogP contribution in [0.4, 0.5) is 0 Å². The van der Waals surface area contributed by atoms with Gasteiger partial charge in [-0.1, -0.05) is 25.5 Å². The maximum absolute atomic E-state index is 11.8. The second-order valence-corrected chi connectivity index (χ2v) is 8.06. The van der Waals surface area contributed by atoms with Gasteiger partial charge in [-0.3, -0.25) is 0 Å². The molecule has 0 aliphatic heterocycles. The Balaban J connectivity index is 2.91. The Morgan fingerprint density at radius 1 is 1.25 bits per heavy atom. The van der Waals surface area contributed by atoms with E-state index in [0.717, 1.165) is 6.42 Å². The predicted molar refractivity (Wildman–Crippen MR) is 78.1 cm³/mol. The summed E-state index contributed by atoms with van der Waals surface area (Å²) >= 11 is 0. The van der Waals surface area contributed by atoms with Crippen molar-refractivity contribution in [3.05, 3.63) is 29.8 Å². The number of hydrogen-bond acceptors (Lipinski definition) is 4. The number of unbranched alkanes of at least 4 members (excludes halogenated alkanes) is 1. The topological polar surface area (TPSA) is 106 Å². The molecule has 6 nitrogen and oxygen atoms in total. The second-order valence-electron chi connectivity index (χ2n) is 4.63. The number of hydrogen-bond donors (Lipinski definition) is 2. The molecule has 8 heteroatoms.